The van der Waals surface area contributed by atoms with Crippen molar-refractivity contribution in [2.24, 2.45) is 0 Å². The maximum atomic E-state index is 11.1. The minimum Gasteiger partial charge on any atom is -0.353 e. The molecule has 1 aliphatic rings. The summed E-state index contributed by atoms with van der Waals surface area (Å²) in [4.78, 5) is 11.1. The highest BCUT2D eigenvalue weighted by Gasteiger charge is 2.22. The third-order valence-corrected chi connectivity index (χ3v) is 1.90. The first kappa shape index (κ1) is 9.52. The van der Waals surface area contributed by atoms with E-state index in [9.17, 15) is 4.79 Å². The highest BCUT2D eigenvalue weighted by Crippen LogP contribution is 2.18. The van der Waals surface area contributed by atoms with Gasteiger partial charge in [0.2, 0.25) is 5.91 Å². The highest BCUT2D eigenvalue weighted by molar-refractivity contribution is 5.76. The molecule has 12 heavy (non-hydrogen) atoms. The van der Waals surface area contributed by atoms with Gasteiger partial charge in [0.1, 0.15) is 0 Å². The second kappa shape index (κ2) is 5.14. The lowest BCUT2D eigenvalue weighted by atomic mass is 10.3. The first-order valence-electron chi connectivity index (χ1n) is 4.83. The van der Waals surface area contributed by atoms with E-state index in [4.69, 9.17) is 0 Å². The fourth-order valence-corrected chi connectivity index (χ4v) is 1.03. The SMILES string of the molecule is CCCNCCC(=O)NC1CC1. The molecule has 1 amide bonds. The van der Waals surface area contributed by atoms with Crippen LogP contribution in [-0.4, -0.2) is 25.0 Å². The lowest BCUT2D eigenvalue weighted by Crippen LogP contribution is -2.29. The number of rotatable bonds is 6. The molecule has 1 saturated carbocycles. The van der Waals surface area contributed by atoms with E-state index >= 15 is 0 Å². The lowest BCUT2D eigenvalue weighted by molar-refractivity contribution is -0.121. The molecular formula is C9H18N2O. The summed E-state index contributed by atoms with van der Waals surface area (Å²) in [6.07, 6.45) is 4.10. The number of nitrogens with one attached hydrogen (secondary N) is 2. The zero-order valence-corrected chi connectivity index (χ0v) is 7.73. The van der Waals surface area contributed by atoms with Crippen LogP contribution in [0.4, 0.5) is 0 Å². The largest absolute Gasteiger partial charge is 0.353 e. The predicted octanol–water partition coefficient (Wildman–Crippen LogP) is 0.655. The molecule has 0 aromatic carbocycles. The standard InChI is InChI=1S/C9H18N2O/c1-2-6-10-7-5-9(12)11-8-3-4-8/h8,10H,2-7H2,1H3,(H,11,12). The molecule has 0 atom stereocenters. The molecule has 3 heteroatoms. The van der Waals surface area contributed by atoms with Gasteiger partial charge in [-0.3, -0.25) is 4.79 Å². The third-order valence-electron chi connectivity index (χ3n) is 1.90. The molecule has 3 nitrogen and oxygen atoms in total. The van der Waals surface area contributed by atoms with Crippen molar-refractivity contribution in [1.82, 2.24) is 10.6 Å². The van der Waals surface area contributed by atoms with E-state index in [0.29, 0.717) is 12.5 Å². The van der Waals surface area contributed by atoms with Crippen LogP contribution in [0.1, 0.15) is 32.6 Å². The Labute approximate surface area is 73.9 Å². The molecule has 0 bridgehead atoms. The van der Waals surface area contributed by atoms with Crippen molar-refractivity contribution in [2.45, 2.75) is 38.6 Å². The third kappa shape index (κ3) is 4.34. The highest BCUT2D eigenvalue weighted by atomic mass is 16.1. The zero-order valence-electron chi connectivity index (χ0n) is 7.73. The Bertz CT molecular complexity index is 143. The quantitative estimate of drug-likeness (QED) is 0.575. The monoisotopic (exact) mass is 170 g/mol. The number of amides is 1. The first-order valence-corrected chi connectivity index (χ1v) is 4.83. The van der Waals surface area contributed by atoms with Crippen LogP contribution in [0.3, 0.4) is 0 Å². The van der Waals surface area contributed by atoms with Crippen molar-refractivity contribution < 1.29 is 4.79 Å². The van der Waals surface area contributed by atoms with Crippen molar-refractivity contribution in [3.63, 3.8) is 0 Å². The first-order chi connectivity index (χ1) is 5.83. The van der Waals surface area contributed by atoms with E-state index in [2.05, 4.69) is 17.6 Å². The zero-order chi connectivity index (χ0) is 8.81. The van der Waals surface area contributed by atoms with Gasteiger partial charge in [-0.15, -0.1) is 0 Å². The number of carbonyl (C=O) groups excluding carboxylic acids is 1. The summed E-state index contributed by atoms with van der Waals surface area (Å²) in [7, 11) is 0. The molecule has 1 aliphatic carbocycles. The Morgan fingerprint density at radius 3 is 2.75 bits per heavy atom. The summed E-state index contributed by atoms with van der Waals surface area (Å²) in [5, 5.41) is 6.15. The van der Waals surface area contributed by atoms with Gasteiger partial charge in [-0.05, 0) is 25.8 Å². The van der Waals surface area contributed by atoms with Crippen molar-refractivity contribution in [3.05, 3.63) is 0 Å². The summed E-state index contributed by atoms with van der Waals surface area (Å²) in [5.74, 6) is 0.195. The lowest BCUT2D eigenvalue weighted by Gasteiger charge is -2.03. The van der Waals surface area contributed by atoms with Crippen molar-refractivity contribution in [1.29, 1.82) is 0 Å². The average Bonchev–Trinajstić information content (AvgIpc) is 2.82. The normalized spacial score (nSPS) is 16.1. The van der Waals surface area contributed by atoms with Crippen LogP contribution < -0.4 is 10.6 Å². The van der Waals surface area contributed by atoms with Gasteiger partial charge in [0.15, 0.2) is 0 Å². The van der Waals surface area contributed by atoms with Crippen molar-refractivity contribution >= 4 is 5.91 Å². The fourth-order valence-electron chi connectivity index (χ4n) is 1.03. The van der Waals surface area contributed by atoms with Crippen LogP contribution in [0.25, 0.3) is 0 Å². The van der Waals surface area contributed by atoms with Gasteiger partial charge in [-0.25, -0.2) is 0 Å². The van der Waals surface area contributed by atoms with Crippen LogP contribution >= 0.6 is 0 Å². The average molecular weight is 170 g/mol. The van der Waals surface area contributed by atoms with Crippen molar-refractivity contribution in [3.8, 4) is 0 Å². The van der Waals surface area contributed by atoms with E-state index < -0.39 is 0 Å². The molecule has 0 heterocycles. The van der Waals surface area contributed by atoms with Gasteiger partial charge in [-0.2, -0.15) is 0 Å². The smallest absolute Gasteiger partial charge is 0.221 e. The van der Waals surface area contributed by atoms with Crippen molar-refractivity contribution in [2.75, 3.05) is 13.1 Å². The Balaban J connectivity index is 1.87. The molecule has 0 radical (unpaired) electrons. The van der Waals surface area contributed by atoms with Crippen LogP contribution in [0.2, 0.25) is 0 Å². The number of hydrogen-bond donors (Lipinski definition) is 2. The molecular weight excluding hydrogens is 152 g/mol. The van der Waals surface area contributed by atoms with E-state index in [1.807, 2.05) is 0 Å². The molecule has 0 unspecified atom stereocenters. The minimum atomic E-state index is 0.195. The summed E-state index contributed by atoms with van der Waals surface area (Å²) in [6.45, 7) is 3.94. The van der Waals surface area contributed by atoms with Gasteiger partial charge < -0.3 is 10.6 Å². The van der Waals surface area contributed by atoms with Gasteiger partial charge >= 0.3 is 0 Å². The molecule has 0 aromatic rings. The predicted molar refractivity (Wildman–Crippen MR) is 48.9 cm³/mol. The maximum Gasteiger partial charge on any atom is 0.221 e. The summed E-state index contributed by atoms with van der Waals surface area (Å²) in [6, 6.07) is 0.503. The van der Waals surface area contributed by atoms with E-state index in [1.165, 1.54) is 12.8 Å². The van der Waals surface area contributed by atoms with E-state index in [0.717, 1.165) is 19.5 Å². The van der Waals surface area contributed by atoms with E-state index in [-0.39, 0.29) is 5.91 Å². The van der Waals surface area contributed by atoms with Crippen LogP contribution in [-0.2, 0) is 4.79 Å². The molecule has 0 aliphatic heterocycles. The van der Waals surface area contributed by atoms with Gasteiger partial charge in [0, 0.05) is 19.0 Å². The molecule has 1 rings (SSSR count). The molecule has 2 N–H and O–H groups in total. The summed E-state index contributed by atoms with van der Waals surface area (Å²) in [5.41, 5.74) is 0. The second-order valence-corrected chi connectivity index (χ2v) is 3.34. The Hall–Kier alpha value is -0.570. The Morgan fingerprint density at radius 2 is 2.17 bits per heavy atom. The fraction of sp³-hybridized carbons (Fsp3) is 0.889. The maximum absolute atomic E-state index is 11.1. The number of carbonyl (C=O) groups is 1. The second-order valence-electron chi connectivity index (χ2n) is 3.34. The summed E-state index contributed by atoms with van der Waals surface area (Å²) < 4.78 is 0. The van der Waals surface area contributed by atoms with Crippen LogP contribution in [0.5, 0.6) is 0 Å². The topological polar surface area (TPSA) is 41.1 Å². The molecule has 0 aromatic heterocycles. The number of hydrogen-bond acceptors (Lipinski definition) is 2. The molecule has 0 saturated heterocycles. The molecule has 70 valence electrons. The summed E-state index contributed by atoms with van der Waals surface area (Å²) >= 11 is 0. The Morgan fingerprint density at radius 1 is 1.42 bits per heavy atom. The van der Waals surface area contributed by atoms with Gasteiger partial charge in [-0.1, -0.05) is 6.92 Å². The molecule has 0 spiro atoms. The van der Waals surface area contributed by atoms with Crippen LogP contribution in [0.15, 0.2) is 0 Å². The minimum absolute atomic E-state index is 0.195. The van der Waals surface area contributed by atoms with E-state index in [1.54, 1.807) is 0 Å². The van der Waals surface area contributed by atoms with Crippen LogP contribution in [0, 0.1) is 0 Å². The Kier molecular flexibility index (Phi) is 4.08. The van der Waals surface area contributed by atoms with Gasteiger partial charge in [0.05, 0.1) is 0 Å². The molecule has 1 fully saturated rings. The van der Waals surface area contributed by atoms with Gasteiger partial charge in [0.25, 0.3) is 0 Å².